The van der Waals surface area contributed by atoms with Gasteiger partial charge in [0.05, 0.1) is 4.90 Å². The van der Waals surface area contributed by atoms with E-state index in [0.717, 1.165) is 5.56 Å². The molecule has 0 aliphatic heterocycles. The van der Waals surface area contributed by atoms with Gasteiger partial charge in [0.25, 0.3) is 0 Å². The van der Waals surface area contributed by atoms with E-state index in [4.69, 9.17) is 0 Å². The molecule has 5 heteroatoms. The predicted molar refractivity (Wildman–Crippen MR) is 73.3 cm³/mol. The molecule has 0 atom stereocenters. The zero-order valence-electron chi connectivity index (χ0n) is 10.4. The molecule has 3 nitrogen and oxygen atoms in total. The highest BCUT2D eigenvalue weighted by atomic mass is 32.2. The van der Waals surface area contributed by atoms with Gasteiger partial charge in [-0.25, -0.2) is 12.8 Å². The lowest BCUT2D eigenvalue weighted by Crippen LogP contribution is -2.02. The lowest BCUT2D eigenvalue weighted by molar-refractivity contribution is 0.602. The molecule has 0 heterocycles. The third kappa shape index (κ3) is 3.79. The molecule has 2 aromatic rings. The number of anilines is 1. The van der Waals surface area contributed by atoms with Gasteiger partial charge in [0.1, 0.15) is 5.82 Å². The van der Waals surface area contributed by atoms with Gasteiger partial charge in [-0.1, -0.05) is 18.2 Å². The Hall–Kier alpha value is -1.88. The van der Waals surface area contributed by atoms with Crippen molar-refractivity contribution >= 4 is 15.5 Å². The molecule has 0 amide bonds. The van der Waals surface area contributed by atoms with Gasteiger partial charge in [0, 0.05) is 18.5 Å². The van der Waals surface area contributed by atoms with Gasteiger partial charge in [-0.3, -0.25) is 0 Å². The van der Waals surface area contributed by atoms with E-state index in [2.05, 4.69) is 5.32 Å². The van der Waals surface area contributed by atoms with E-state index in [1.165, 1.54) is 18.4 Å². The Balaban J connectivity index is 2.10. The van der Waals surface area contributed by atoms with Crippen molar-refractivity contribution in [1.82, 2.24) is 0 Å². The molecule has 0 bridgehead atoms. The fraction of sp³-hybridized carbons (Fsp3) is 0.143. The molecule has 100 valence electrons. The highest BCUT2D eigenvalue weighted by molar-refractivity contribution is 7.90. The SMILES string of the molecule is CS(=O)(=O)c1cccc(NCc2ccc(F)cc2)c1. The molecule has 2 rings (SSSR count). The second-order valence-electron chi connectivity index (χ2n) is 4.28. The molecule has 0 fully saturated rings. The molecule has 2 aromatic carbocycles. The minimum atomic E-state index is -3.20. The Kier molecular flexibility index (Phi) is 3.85. The molecule has 1 N–H and O–H groups in total. The van der Waals surface area contributed by atoms with E-state index in [-0.39, 0.29) is 10.7 Å². The van der Waals surface area contributed by atoms with E-state index in [1.807, 2.05) is 0 Å². The normalized spacial score (nSPS) is 11.3. The van der Waals surface area contributed by atoms with Crippen LogP contribution >= 0.6 is 0 Å². The van der Waals surface area contributed by atoms with Crippen LogP contribution in [0.4, 0.5) is 10.1 Å². The minimum Gasteiger partial charge on any atom is -0.381 e. The topological polar surface area (TPSA) is 46.2 Å². The van der Waals surface area contributed by atoms with Crippen LogP contribution in [0, 0.1) is 5.82 Å². The summed E-state index contributed by atoms with van der Waals surface area (Å²) in [4.78, 5) is 0.275. The third-order valence-electron chi connectivity index (χ3n) is 2.67. The van der Waals surface area contributed by atoms with E-state index in [9.17, 15) is 12.8 Å². The second kappa shape index (κ2) is 5.40. The Labute approximate surface area is 112 Å². The molecule has 0 spiro atoms. The summed E-state index contributed by atoms with van der Waals surface area (Å²) in [5.41, 5.74) is 1.64. The lowest BCUT2D eigenvalue weighted by atomic mass is 10.2. The minimum absolute atomic E-state index is 0.275. The van der Waals surface area contributed by atoms with Gasteiger partial charge in [-0.05, 0) is 35.9 Å². The molecule has 0 aromatic heterocycles. The van der Waals surface area contributed by atoms with Gasteiger partial charge < -0.3 is 5.32 Å². The fourth-order valence-electron chi connectivity index (χ4n) is 1.64. The highest BCUT2D eigenvalue weighted by Gasteiger charge is 2.06. The zero-order chi connectivity index (χ0) is 13.9. The summed E-state index contributed by atoms with van der Waals surface area (Å²) in [5, 5.41) is 3.11. The number of hydrogen-bond donors (Lipinski definition) is 1. The van der Waals surface area contributed by atoms with Crippen LogP contribution in [0.15, 0.2) is 53.4 Å². The van der Waals surface area contributed by atoms with Crippen LogP contribution < -0.4 is 5.32 Å². The summed E-state index contributed by atoms with van der Waals surface area (Å²) < 4.78 is 35.6. The zero-order valence-corrected chi connectivity index (χ0v) is 11.2. The van der Waals surface area contributed by atoms with Gasteiger partial charge in [-0.2, -0.15) is 0 Å². The van der Waals surface area contributed by atoms with Crippen LogP contribution in [-0.4, -0.2) is 14.7 Å². The van der Waals surface area contributed by atoms with E-state index >= 15 is 0 Å². The van der Waals surface area contributed by atoms with Crippen LogP contribution in [0.5, 0.6) is 0 Å². The molecule has 0 unspecified atom stereocenters. The first-order valence-electron chi connectivity index (χ1n) is 5.73. The first-order valence-corrected chi connectivity index (χ1v) is 7.63. The average Bonchev–Trinajstić information content (AvgIpc) is 2.37. The molecule has 19 heavy (non-hydrogen) atoms. The largest absolute Gasteiger partial charge is 0.381 e. The van der Waals surface area contributed by atoms with Gasteiger partial charge in [0.2, 0.25) is 0 Å². The van der Waals surface area contributed by atoms with Crippen molar-refractivity contribution in [2.75, 3.05) is 11.6 Å². The number of hydrogen-bond acceptors (Lipinski definition) is 3. The first-order chi connectivity index (χ1) is 8.95. The average molecular weight is 279 g/mol. The maximum Gasteiger partial charge on any atom is 0.175 e. The maximum absolute atomic E-state index is 12.7. The number of nitrogens with one attached hydrogen (secondary N) is 1. The van der Waals surface area contributed by atoms with Crippen molar-refractivity contribution in [2.24, 2.45) is 0 Å². The molecule has 0 saturated heterocycles. The molecular weight excluding hydrogens is 265 g/mol. The maximum atomic E-state index is 12.7. The quantitative estimate of drug-likeness (QED) is 0.936. The van der Waals surface area contributed by atoms with Gasteiger partial charge >= 0.3 is 0 Å². The van der Waals surface area contributed by atoms with Crippen LogP contribution in [0.3, 0.4) is 0 Å². The summed E-state index contributed by atoms with van der Waals surface area (Å²) in [6.45, 7) is 0.507. The summed E-state index contributed by atoms with van der Waals surface area (Å²) in [6.07, 6.45) is 1.17. The first kappa shape index (κ1) is 13.5. The summed E-state index contributed by atoms with van der Waals surface area (Å²) >= 11 is 0. The number of benzene rings is 2. The molecule has 0 radical (unpaired) electrons. The van der Waals surface area contributed by atoms with Crippen molar-refractivity contribution in [3.8, 4) is 0 Å². The smallest absolute Gasteiger partial charge is 0.175 e. The Bertz CT molecular complexity index is 666. The highest BCUT2D eigenvalue weighted by Crippen LogP contribution is 2.16. The standard InChI is InChI=1S/C14H14FNO2S/c1-19(17,18)14-4-2-3-13(9-14)16-10-11-5-7-12(15)8-6-11/h2-9,16H,10H2,1H3. The van der Waals surface area contributed by atoms with Gasteiger partial charge in [-0.15, -0.1) is 0 Å². The summed E-state index contributed by atoms with van der Waals surface area (Å²) in [7, 11) is -3.20. The van der Waals surface area contributed by atoms with Crippen molar-refractivity contribution in [2.45, 2.75) is 11.4 Å². The number of sulfone groups is 1. The van der Waals surface area contributed by atoms with Crippen molar-refractivity contribution < 1.29 is 12.8 Å². The predicted octanol–water partition coefficient (Wildman–Crippen LogP) is 2.84. The van der Waals surface area contributed by atoms with E-state index < -0.39 is 9.84 Å². The fourth-order valence-corrected chi connectivity index (χ4v) is 2.31. The van der Waals surface area contributed by atoms with Crippen LogP contribution in [0.2, 0.25) is 0 Å². The summed E-state index contributed by atoms with van der Waals surface area (Å²) in [6, 6.07) is 12.8. The second-order valence-corrected chi connectivity index (χ2v) is 6.30. The van der Waals surface area contributed by atoms with Crippen molar-refractivity contribution in [3.63, 3.8) is 0 Å². The number of rotatable bonds is 4. The molecule has 0 aliphatic carbocycles. The molecular formula is C14H14FNO2S. The number of halogens is 1. The van der Waals surface area contributed by atoms with Gasteiger partial charge in [0.15, 0.2) is 9.84 Å². The van der Waals surface area contributed by atoms with E-state index in [1.54, 1.807) is 36.4 Å². The Morgan fingerprint density at radius 1 is 1.11 bits per heavy atom. The van der Waals surface area contributed by atoms with Crippen molar-refractivity contribution in [3.05, 3.63) is 59.9 Å². The third-order valence-corrected chi connectivity index (χ3v) is 3.78. The monoisotopic (exact) mass is 279 g/mol. The Morgan fingerprint density at radius 2 is 1.79 bits per heavy atom. The van der Waals surface area contributed by atoms with Crippen molar-refractivity contribution in [1.29, 1.82) is 0 Å². The summed E-state index contributed by atoms with van der Waals surface area (Å²) in [5.74, 6) is -0.275. The lowest BCUT2D eigenvalue weighted by Gasteiger charge is -2.08. The van der Waals surface area contributed by atoms with E-state index in [0.29, 0.717) is 12.2 Å². The molecule has 0 aliphatic rings. The van der Waals surface area contributed by atoms with Crippen LogP contribution in [0.1, 0.15) is 5.56 Å². The van der Waals surface area contributed by atoms with Crippen LogP contribution in [-0.2, 0) is 16.4 Å². The molecule has 0 saturated carbocycles. The van der Waals surface area contributed by atoms with Crippen LogP contribution in [0.25, 0.3) is 0 Å². The Morgan fingerprint density at radius 3 is 2.42 bits per heavy atom.